The van der Waals surface area contributed by atoms with Crippen LogP contribution >= 0.6 is 22.9 Å². The van der Waals surface area contributed by atoms with E-state index in [0.717, 1.165) is 31.2 Å². The molecule has 0 radical (unpaired) electrons. The molecule has 1 aliphatic rings. The lowest BCUT2D eigenvalue weighted by Crippen LogP contribution is -2.44. The van der Waals surface area contributed by atoms with E-state index in [-0.39, 0.29) is 5.56 Å². The predicted octanol–water partition coefficient (Wildman–Crippen LogP) is 4.48. The molecule has 0 saturated heterocycles. The molecule has 2 aromatic heterocycles. The number of halogens is 1. The number of carboxylic acid groups (broad SMARTS) is 1. The largest absolute Gasteiger partial charge is 0.480 e. The normalized spacial score (nSPS) is 14.3. The fourth-order valence-corrected chi connectivity index (χ4v) is 5.11. The molecule has 0 aliphatic heterocycles. The van der Waals surface area contributed by atoms with E-state index in [4.69, 9.17) is 16.6 Å². The second-order valence-electron chi connectivity index (χ2n) is 7.31. The number of fused-ring (bicyclic) bond motifs is 3. The minimum atomic E-state index is -1.46. The summed E-state index contributed by atoms with van der Waals surface area (Å²) >= 11 is 7.91. The third kappa shape index (κ3) is 2.78. The summed E-state index contributed by atoms with van der Waals surface area (Å²) in [5, 5.41) is 10.8. The molecule has 2 heterocycles. The molecule has 0 atom stereocenters. The third-order valence-corrected chi connectivity index (χ3v) is 6.70. The van der Waals surface area contributed by atoms with E-state index in [1.54, 1.807) is 35.6 Å². The van der Waals surface area contributed by atoms with Crippen LogP contribution in [0.25, 0.3) is 21.6 Å². The summed E-state index contributed by atoms with van der Waals surface area (Å²) in [5.74, 6) is -0.799. The van der Waals surface area contributed by atoms with Crippen molar-refractivity contribution >= 4 is 39.1 Å². The van der Waals surface area contributed by atoms with Gasteiger partial charge in [-0.15, -0.1) is 11.3 Å². The Bertz CT molecular complexity index is 1130. The average molecular weight is 403 g/mol. The Kier molecular flexibility index (Phi) is 4.35. The highest BCUT2D eigenvalue weighted by Gasteiger charge is 2.35. The zero-order valence-electron chi connectivity index (χ0n) is 15.1. The van der Waals surface area contributed by atoms with Crippen molar-refractivity contribution in [3.63, 3.8) is 0 Å². The summed E-state index contributed by atoms with van der Waals surface area (Å²) in [6.45, 7) is 3.03. The van der Waals surface area contributed by atoms with Crippen LogP contribution in [0.2, 0.25) is 5.02 Å². The predicted molar refractivity (Wildman–Crippen MR) is 108 cm³/mol. The number of rotatable bonds is 3. The molecule has 4 rings (SSSR count). The van der Waals surface area contributed by atoms with Gasteiger partial charge >= 0.3 is 5.97 Å². The van der Waals surface area contributed by atoms with Gasteiger partial charge in [-0.05, 0) is 57.2 Å². The van der Waals surface area contributed by atoms with E-state index in [1.807, 2.05) is 0 Å². The maximum Gasteiger partial charge on any atom is 0.329 e. The van der Waals surface area contributed by atoms with Crippen molar-refractivity contribution in [2.45, 2.75) is 45.1 Å². The first-order valence-corrected chi connectivity index (χ1v) is 10.1. The van der Waals surface area contributed by atoms with Gasteiger partial charge in [-0.2, -0.15) is 0 Å². The van der Waals surface area contributed by atoms with E-state index in [1.165, 1.54) is 23.3 Å². The molecule has 1 aromatic carbocycles. The van der Waals surface area contributed by atoms with Gasteiger partial charge in [0.05, 0.1) is 10.4 Å². The number of nitrogens with zero attached hydrogens (tertiary/aromatic N) is 2. The Hall–Kier alpha value is -2.18. The maximum absolute atomic E-state index is 13.5. The highest BCUT2D eigenvalue weighted by atomic mass is 35.5. The first kappa shape index (κ1) is 18.2. The Morgan fingerprint density at radius 2 is 1.96 bits per heavy atom. The number of aliphatic carboxylic acids is 1. The molecular weight excluding hydrogens is 384 g/mol. The van der Waals surface area contributed by atoms with Gasteiger partial charge in [-0.3, -0.25) is 9.36 Å². The van der Waals surface area contributed by atoms with Crippen molar-refractivity contribution in [3.8, 4) is 11.4 Å². The molecule has 0 amide bonds. The van der Waals surface area contributed by atoms with Crippen LogP contribution in [0.3, 0.4) is 0 Å². The topological polar surface area (TPSA) is 72.2 Å². The maximum atomic E-state index is 13.5. The molecule has 5 nitrogen and oxygen atoms in total. The second kappa shape index (κ2) is 6.46. The SMILES string of the molecule is CC(C)(C(=O)O)n1c(-c2ccccc2Cl)nc2sc3c(c2c1=O)CCCC3. The van der Waals surface area contributed by atoms with Crippen LogP contribution in [-0.2, 0) is 23.2 Å². The lowest BCUT2D eigenvalue weighted by atomic mass is 9.96. The van der Waals surface area contributed by atoms with Crippen molar-refractivity contribution in [2.75, 3.05) is 0 Å². The van der Waals surface area contributed by atoms with Gasteiger partial charge in [0.1, 0.15) is 16.2 Å². The van der Waals surface area contributed by atoms with E-state index in [9.17, 15) is 14.7 Å². The van der Waals surface area contributed by atoms with E-state index in [0.29, 0.717) is 26.6 Å². The Labute approximate surface area is 165 Å². The van der Waals surface area contributed by atoms with Crippen LogP contribution in [0.4, 0.5) is 0 Å². The monoisotopic (exact) mass is 402 g/mol. The van der Waals surface area contributed by atoms with Crippen LogP contribution in [0.1, 0.15) is 37.1 Å². The molecule has 3 aromatic rings. The molecule has 0 bridgehead atoms. The number of carboxylic acids is 1. The first-order valence-electron chi connectivity index (χ1n) is 8.88. The minimum absolute atomic E-state index is 0.295. The van der Waals surface area contributed by atoms with Gasteiger partial charge in [0, 0.05) is 10.4 Å². The smallest absolute Gasteiger partial charge is 0.329 e. The number of aromatic nitrogens is 2. The van der Waals surface area contributed by atoms with Crippen molar-refractivity contribution in [2.24, 2.45) is 0 Å². The van der Waals surface area contributed by atoms with Gasteiger partial charge in [-0.25, -0.2) is 9.78 Å². The molecule has 0 saturated carbocycles. The quantitative estimate of drug-likeness (QED) is 0.701. The number of benzene rings is 1. The second-order valence-corrected chi connectivity index (χ2v) is 8.80. The van der Waals surface area contributed by atoms with Crippen LogP contribution in [0, 0.1) is 0 Å². The third-order valence-electron chi connectivity index (χ3n) is 5.19. The van der Waals surface area contributed by atoms with Crippen molar-refractivity contribution in [1.82, 2.24) is 9.55 Å². The van der Waals surface area contributed by atoms with Gasteiger partial charge in [-0.1, -0.05) is 23.7 Å². The number of hydrogen-bond donors (Lipinski definition) is 1. The standard InChI is InChI=1S/C20H19ClN2O3S/c1-20(2,19(25)26)23-16(11-7-3-5-9-13(11)21)22-17-15(18(23)24)12-8-4-6-10-14(12)27-17/h3,5,7,9H,4,6,8,10H2,1-2H3,(H,25,26). The average Bonchev–Trinajstić information content (AvgIpc) is 3.00. The summed E-state index contributed by atoms with van der Waals surface area (Å²) in [5.41, 5.74) is -0.170. The number of thiophene rings is 1. The van der Waals surface area contributed by atoms with Crippen LogP contribution in [0.5, 0.6) is 0 Å². The summed E-state index contributed by atoms with van der Waals surface area (Å²) < 4.78 is 1.29. The van der Waals surface area contributed by atoms with Gasteiger partial charge in [0.2, 0.25) is 0 Å². The van der Waals surface area contributed by atoms with E-state index >= 15 is 0 Å². The zero-order valence-corrected chi connectivity index (χ0v) is 16.7. The Morgan fingerprint density at radius 3 is 2.67 bits per heavy atom. The fraction of sp³-hybridized carbons (Fsp3) is 0.350. The van der Waals surface area contributed by atoms with E-state index < -0.39 is 11.5 Å². The summed E-state index contributed by atoms with van der Waals surface area (Å²) in [6, 6.07) is 7.07. The van der Waals surface area contributed by atoms with Gasteiger partial charge < -0.3 is 5.11 Å². The van der Waals surface area contributed by atoms with Crippen molar-refractivity contribution in [3.05, 3.63) is 50.1 Å². The summed E-state index contributed by atoms with van der Waals surface area (Å²) in [4.78, 5) is 32.1. The number of carbonyl (C=O) groups is 1. The Morgan fingerprint density at radius 1 is 1.26 bits per heavy atom. The summed E-state index contributed by atoms with van der Waals surface area (Å²) in [6.07, 6.45) is 3.92. The molecule has 140 valence electrons. The van der Waals surface area contributed by atoms with Crippen LogP contribution in [-0.4, -0.2) is 20.6 Å². The van der Waals surface area contributed by atoms with Crippen molar-refractivity contribution < 1.29 is 9.90 Å². The molecule has 0 spiro atoms. The van der Waals surface area contributed by atoms with Crippen LogP contribution in [0.15, 0.2) is 29.1 Å². The number of hydrogen-bond acceptors (Lipinski definition) is 4. The molecule has 1 aliphatic carbocycles. The molecule has 1 N–H and O–H groups in total. The van der Waals surface area contributed by atoms with E-state index in [2.05, 4.69) is 0 Å². The molecule has 27 heavy (non-hydrogen) atoms. The Balaban J connectivity index is 2.15. The molecular formula is C20H19ClN2O3S. The highest BCUT2D eigenvalue weighted by molar-refractivity contribution is 7.18. The number of aryl methyl sites for hydroxylation is 2. The fourth-order valence-electron chi connectivity index (χ4n) is 3.64. The van der Waals surface area contributed by atoms with Crippen LogP contribution < -0.4 is 5.56 Å². The van der Waals surface area contributed by atoms with Crippen molar-refractivity contribution in [1.29, 1.82) is 0 Å². The summed E-state index contributed by atoms with van der Waals surface area (Å²) in [7, 11) is 0. The zero-order chi connectivity index (χ0) is 19.3. The molecule has 7 heteroatoms. The molecule has 0 unspecified atom stereocenters. The molecule has 0 fully saturated rings. The lowest BCUT2D eigenvalue weighted by Gasteiger charge is -2.26. The van der Waals surface area contributed by atoms with Gasteiger partial charge in [0.15, 0.2) is 0 Å². The first-order chi connectivity index (χ1) is 12.8. The van der Waals surface area contributed by atoms with Gasteiger partial charge in [0.25, 0.3) is 5.56 Å². The lowest BCUT2D eigenvalue weighted by molar-refractivity contribution is -0.145. The highest BCUT2D eigenvalue weighted by Crippen LogP contribution is 2.37. The minimum Gasteiger partial charge on any atom is -0.480 e.